The molecule has 0 radical (unpaired) electrons. The van der Waals surface area contributed by atoms with Gasteiger partial charge < -0.3 is 9.64 Å². The van der Waals surface area contributed by atoms with Crippen LogP contribution in [0, 0.1) is 11.8 Å². The molecule has 7 heteroatoms. The van der Waals surface area contributed by atoms with E-state index in [1.54, 1.807) is 31.2 Å². The van der Waals surface area contributed by atoms with E-state index in [9.17, 15) is 14.4 Å². The van der Waals surface area contributed by atoms with Crippen LogP contribution in [0.5, 0.6) is 0 Å². The Hall–Kier alpha value is -3.19. The molecule has 2 aliphatic rings. The van der Waals surface area contributed by atoms with Gasteiger partial charge in [0.15, 0.2) is 0 Å². The van der Waals surface area contributed by atoms with E-state index in [-0.39, 0.29) is 18.4 Å². The van der Waals surface area contributed by atoms with Gasteiger partial charge in [0.25, 0.3) is 0 Å². The summed E-state index contributed by atoms with van der Waals surface area (Å²) in [5, 5.41) is 3.43. The number of imide groups is 1. The van der Waals surface area contributed by atoms with Crippen molar-refractivity contribution in [2.24, 2.45) is 11.8 Å². The number of hydrogen-bond acceptors (Lipinski definition) is 6. The van der Waals surface area contributed by atoms with Crippen molar-refractivity contribution in [2.45, 2.75) is 38.3 Å². The van der Waals surface area contributed by atoms with E-state index in [0.29, 0.717) is 18.5 Å². The molecule has 33 heavy (non-hydrogen) atoms. The summed E-state index contributed by atoms with van der Waals surface area (Å²) in [5.74, 6) is -2.63. The largest absolute Gasteiger partial charge is 0.465 e. The maximum absolute atomic E-state index is 13.8. The van der Waals surface area contributed by atoms with Gasteiger partial charge in [-0.05, 0) is 43.2 Å². The molecule has 174 valence electrons. The van der Waals surface area contributed by atoms with Crippen LogP contribution in [-0.4, -0.2) is 44.0 Å². The SMILES string of the molecule is CCC[C@@]1(C(=O)OCC)N[C@@H](c2ccc(N(C)C)cc2)[C@H]2C(=O)N(c3ccccc3)C(=O)[C@@H]21. The molecule has 2 saturated heterocycles. The number of para-hydroxylation sites is 1. The number of ether oxygens (including phenoxy) is 1. The van der Waals surface area contributed by atoms with Gasteiger partial charge in [0, 0.05) is 25.8 Å². The number of anilines is 2. The topological polar surface area (TPSA) is 79.0 Å². The molecule has 1 N–H and O–H groups in total. The third kappa shape index (κ3) is 3.70. The highest BCUT2D eigenvalue weighted by Gasteiger charge is 2.68. The molecule has 2 aromatic carbocycles. The van der Waals surface area contributed by atoms with Gasteiger partial charge in [-0.2, -0.15) is 0 Å². The molecule has 0 unspecified atom stereocenters. The molecule has 0 aromatic heterocycles. The van der Waals surface area contributed by atoms with Gasteiger partial charge in [-0.3, -0.25) is 19.7 Å². The maximum Gasteiger partial charge on any atom is 0.327 e. The van der Waals surface area contributed by atoms with Gasteiger partial charge in [0.1, 0.15) is 5.54 Å². The Morgan fingerprint density at radius 3 is 2.27 bits per heavy atom. The summed E-state index contributed by atoms with van der Waals surface area (Å²) in [5.41, 5.74) is 1.17. The third-order valence-corrected chi connectivity index (χ3v) is 6.72. The Morgan fingerprint density at radius 1 is 1.03 bits per heavy atom. The van der Waals surface area contributed by atoms with Crippen LogP contribution in [0.1, 0.15) is 38.3 Å². The fraction of sp³-hybridized carbons (Fsp3) is 0.423. The highest BCUT2D eigenvalue weighted by atomic mass is 16.5. The average molecular weight is 450 g/mol. The van der Waals surface area contributed by atoms with Crippen molar-refractivity contribution in [1.82, 2.24) is 5.32 Å². The van der Waals surface area contributed by atoms with Gasteiger partial charge in [0.05, 0.1) is 24.1 Å². The summed E-state index contributed by atoms with van der Waals surface area (Å²) in [7, 11) is 3.92. The van der Waals surface area contributed by atoms with Crippen LogP contribution < -0.4 is 15.1 Å². The molecule has 0 spiro atoms. The van der Waals surface area contributed by atoms with Crippen molar-refractivity contribution >= 4 is 29.2 Å². The number of fused-ring (bicyclic) bond motifs is 1. The first-order valence-electron chi connectivity index (χ1n) is 11.5. The monoisotopic (exact) mass is 449 g/mol. The summed E-state index contributed by atoms with van der Waals surface area (Å²) in [6.07, 6.45) is 1.06. The highest BCUT2D eigenvalue weighted by molar-refractivity contribution is 6.24. The zero-order chi connectivity index (χ0) is 23.8. The van der Waals surface area contributed by atoms with Gasteiger partial charge in [0.2, 0.25) is 11.8 Å². The van der Waals surface area contributed by atoms with Gasteiger partial charge in [-0.15, -0.1) is 0 Å². The van der Waals surface area contributed by atoms with E-state index in [2.05, 4.69) is 5.32 Å². The molecule has 7 nitrogen and oxygen atoms in total. The Morgan fingerprint density at radius 2 is 1.70 bits per heavy atom. The first-order chi connectivity index (χ1) is 15.9. The molecular weight excluding hydrogens is 418 g/mol. The second kappa shape index (κ2) is 8.98. The Kier molecular flexibility index (Phi) is 6.26. The average Bonchev–Trinajstić information content (AvgIpc) is 3.29. The number of benzene rings is 2. The van der Waals surface area contributed by atoms with Crippen molar-refractivity contribution in [3.05, 3.63) is 60.2 Å². The number of nitrogens with one attached hydrogen (secondary N) is 1. The van der Waals surface area contributed by atoms with Crippen molar-refractivity contribution in [3.8, 4) is 0 Å². The number of esters is 1. The van der Waals surface area contributed by atoms with Crippen LogP contribution in [0.4, 0.5) is 11.4 Å². The fourth-order valence-corrected chi connectivity index (χ4v) is 5.27. The highest BCUT2D eigenvalue weighted by Crippen LogP contribution is 2.51. The summed E-state index contributed by atoms with van der Waals surface area (Å²) >= 11 is 0. The molecule has 2 aromatic rings. The summed E-state index contributed by atoms with van der Waals surface area (Å²) in [4.78, 5) is 44.1. The van der Waals surface area contributed by atoms with Crippen LogP contribution in [0.15, 0.2) is 54.6 Å². The minimum Gasteiger partial charge on any atom is -0.465 e. The molecule has 4 atom stereocenters. The Labute approximate surface area is 194 Å². The van der Waals surface area contributed by atoms with E-state index in [1.165, 1.54) is 4.90 Å². The number of carbonyl (C=O) groups excluding carboxylic acids is 3. The van der Waals surface area contributed by atoms with Crippen LogP contribution in [0.2, 0.25) is 0 Å². The predicted molar refractivity (Wildman–Crippen MR) is 127 cm³/mol. The molecule has 2 heterocycles. The fourth-order valence-electron chi connectivity index (χ4n) is 5.27. The molecule has 2 aliphatic heterocycles. The number of rotatable bonds is 7. The van der Waals surface area contributed by atoms with Crippen molar-refractivity contribution < 1.29 is 19.1 Å². The summed E-state index contributed by atoms with van der Waals surface area (Å²) in [6.45, 7) is 3.92. The van der Waals surface area contributed by atoms with Crippen LogP contribution in [0.3, 0.4) is 0 Å². The second-order valence-corrected chi connectivity index (χ2v) is 8.90. The maximum atomic E-state index is 13.8. The molecular formula is C26H31N3O4. The lowest BCUT2D eigenvalue weighted by Gasteiger charge is -2.32. The first-order valence-corrected chi connectivity index (χ1v) is 11.5. The molecule has 2 amide bonds. The first kappa shape index (κ1) is 23.0. The van der Waals surface area contributed by atoms with E-state index < -0.39 is 29.4 Å². The number of hydrogen-bond donors (Lipinski definition) is 1. The van der Waals surface area contributed by atoms with Gasteiger partial charge >= 0.3 is 5.97 Å². The number of carbonyl (C=O) groups is 3. The molecule has 0 saturated carbocycles. The second-order valence-electron chi connectivity index (χ2n) is 8.90. The zero-order valence-corrected chi connectivity index (χ0v) is 19.6. The van der Waals surface area contributed by atoms with E-state index >= 15 is 0 Å². The summed E-state index contributed by atoms with van der Waals surface area (Å²) < 4.78 is 5.46. The zero-order valence-electron chi connectivity index (χ0n) is 19.6. The van der Waals surface area contributed by atoms with Crippen molar-refractivity contribution in [3.63, 3.8) is 0 Å². The van der Waals surface area contributed by atoms with E-state index in [1.807, 2.05) is 56.3 Å². The molecule has 0 aliphatic carbocycles. The third-order valence-electron chi connectivity index (χ3n) is 6.72. The van der Waals surface area contributed by atoms with Crippen LogP contribution in [-0.2, 0) is 19.1 Å². The smallest absolute Gasteiger partial charge is 0.327 e. The minimum atomic E-state index is -1.25. The van der Waals surface area contributed by atoms with Gasteiger partial charge in [-0.25, -0.2) is 4.90 Å². The standard InChI is InChI=1S/C26H31N3O4/c1-5-16-26(25(32)33-6-2)21-20(22(27-26)17-12-14-18(15-13-17)28(3)4)23(30)29(24(21)31)19-10-8-7-9-11-19/h7-15,20-22,27H,5-6,16H2,1-4H3/t20-,21+,22-,26+/m0/s1. The lowest BCUT2D eigenvalue weighted by molar-refractivity contribution is -0.155. The Bertz CT molecular complexity index is 1040. The minimum absolute atomic E-state index is 0.204. The molecule has 4 rings (SSSR count). The normalized spacial score (nSPS) is 26.4. The van der Waals surface area contributed by atoms with Crippen molar-refractivity contribution in [2.75, 3.05) is 30.5 Å². The van der Waals surface area contributed by atoms with Gasteiger partial charge in [-0.1, -0.05) is 43.7 Å². The molecule has 0 bridgehead atoms. The lowest BCUT2D eigenvalue weighted by Crippen LogP contribution is -2.56. The number of nitrogens with zero attached hydrogens (tertiary/aromatic N) is 2. The van der Waals surface area contributed by atoms with Crippen LogP contribution in [0.25, 0.3) is 0 Å². The lowest BCUT2D eigenvalue weighted by atomic mass is 9.77. The Balaban J connectivity index is 1.83. The van der Waals surface area contributed by atoms with E-state index in [4.69, 9.17) is 4.74 Å². The quantitative estimate of drug-likeness (QED) is 0.516. The summed E-state index contributed by atoms with van der Waals surface area (Å²) in [6, 6.07) is 16.3. The molecule has 2 fully saturated rings. The van der Waals surface area contributed by atoms with Crippen molar-refractivity contribution in [1.29, 1.82) is 0 Å². The van der Waals surface area contributed by atoms with E-state index in [0.717, 1.165) is 11.3 Å². The van der Waals surface area contributed by atoms with Crippen LogP contribution >= 0.6 is 0 Å². The predicted octanol–water partition coefficient (Wildman–Crippen LogP) is 3.30. The number of amides is 2.